The molecule has 0 saturated heterocycles. The van der Waals surface area contributed by atoms with Crippen molar-refractivity contribution in [2.75, 3.05) is 26.2 Å². The van der Waals surface area contributed by atoms with Gasteiger partial charge in [-0.05, 0) is 52.2 Å². The normalized spacial score (nSPS) is 15.2. The van der Waals surface area contributed by atoms with Crippen molar-refractivity contribution in [3.8, 4) is 0 Å². The summed E-state index contributed by atoms with van der Waals surface area (Å²) >= 11 is 0. The van der Waals surface area contributed by atoms with Gasteiger partial charge in [0.1, 0.15) is 5.54 Å². The minimum absolute atomic E-state index is 0.342. The quantitative estimate of drug-likeness (QED) is 0.576. The fraction of sp³-hybridized carbons (Fsp3) is 0.929. The molecular formula is C14H27F3N2O2. The van der Waals surface area contributed by atoms with Crippen LogP contribution in [0.15, 0.2) is 0 Å². The summed E-state index contributed by atoms with van der Waals surface area (Å²) in [5, 5.41) is 12.1. The predicted molar refractivity (Wildman–Crippen MR) is 76.4 cm³/mol. The van der Waals surface area contributed by atoms with Crippen LogP contribution in [-0.2, 0) is 4.79 Å². The Kier molecular flexibility index (Phi) is 8.89. The number of hydrogen-bond donors (Lipinski definition) is 2. The van der Waals surface area contributed by atoms with Crippen LogP contribution in [0.1, 0.15) is 46.5 Å². The van der Waals surface area contributed by atoms with Gasteiger partial charge in [-0.1, -0.05) is 13.8 Å². The molecule has 1 atom stereocenters. The van der Waals surface area contributed by atoms with Crippen LogP contribution in [0.3, 0.4) is 0 Å². The van der Waals surface area contributed by atoms with E-state index in [0.717, 1.165) is 0 Å². The molecule has 0 amide bonds. The maximum Gasteiger partial charge on any atom is 0.401 e. The summed E-state index contributed by atoms with van der Waals surface area (Å²) < 4.78 is 37.2. The Hall–Kier alpha value is -0.820. The molecule has 0 aliphatic rings. The lowest BCUT2D eigenvalue weighted by atomic mass is 9.95. The molecule has 1 unspecified atom stereocenters. The summed E-state index contributed by atoms with van der Waals surface area (Å²) in [5.41, 5.74) is -1.01. The summed E-state index contributed by atoms with van der Waals surface area (Å²) in [4.78, 5) is 12.6. The number of carbonyl (C=O) groups is 1. The van der Waals surface area contributed by atoms with Gasteiger partial charge in [-0.15, -0.1) is 0 Å². The number of aliphatic carboxylic acids is 1. The van der Waals surface area contributed by atoms with Gasteiger partial charge in [-0.2, -0.15) is 13.2 Å². The van der Waals surface area contributed by atoms with Gasteiger partial charge in [-0.3, -0.25) is 9.69 Å². The molecule has 0 aliphatic heterocycles. The minimum atomic E-state index is -4.19. The Morgan fingerprint density at radius 1 is 1.19 bits per heavy atom. The summed E-state index contributed by atoms with van der Waals surface area (Å²) in [5.74, 6) is -0.926. The van der Waals surface area contributed by atoms with Gasteiger partial charge < -0.3 is 10.4 Å². The lowest BCUT2D eigenvalue weighted by Crippen LogP contribution is -2.49. The largest absolute Gasteiger partial charge is 0.480 e. The number of halogens is 3. The van der Waals surface area contributed by atoms with Gasteiger partial charge >= 0.3 is 12.1 Å². The van der Waals surface area contributed by atoms with E-state index in [9.17, 15) is 23.1 Å². The highest BCUT2D eigenvalue weighted by Gasteiger charge is 2.32. The predicted octanol–water partition coefficient (Wildman–Crippen LogP) is 2.88. The Morgan fingerprint density at radius 3 is 2.24 bits per heavy atom. The number of rotatable bonds is 11. The molecule has 126 valence electrons. The second-order valence-electron chi connectivity index (χ2n) is 5.52. The number of unbranched alkanes of at least 4 members (excludes halogenated alkanes) is 1. The highest BCUT2D eigenvalue weighted by molar-refractivity contribution is 5.78. The maximum atomic E-state index is 12.4. The van der Waals surface area contributed by atoms with E-state index in [2.05, 4.69) is 5.32 Å². The number of alkyl halides is 3. The number of carboxylic acid groups (broad SMARTS) is 1. The van der Waals surface area contributed by atoms with E-state index in [1.807, 2.05) is 13.8 Å². The smallest absolute Gasteiger partial charge is 0.401 e. The highest BCUT2D eigenvalue weighted by Crippen LogP contribution is 2.18. The molecule has 0 aromatic carbocycles. The first-order chi connectivity index (χ1) is 9.64. The monoisotopic (exact) mass is 312 g/mol. The van der Waals surface area contributed by atoms with Gasteiger partial charge in [0.15, 0.2) is 0 Å². The molecule has 0 aromatic heterocycles. The molecule has 0 aromatic rings. The van der Waals surface area contributed by atoms with Crippen molar-refractivity contribution in [1.29, 1.82) is 0 Å². The summed E-state index contributed by atoms with van der Waals surface area (Å²) in [6.45, 7) is 5.67. The Bertz CT molecular complexity index is 311. The number of likely N-dealkylation sites (N-methyl/N-ethyl adjacent to an activating group) is 1. The molecule has 7 heteroatoms. The number of hydrogen-bond acceptors (Lipinski definition) is 3. The van der Waals surface area contributed by atoms with Crippen molar-refractivity contribution in [3.05, 3.63) is 0 Å². The third kappa shape index (κ3) is 8.93. The number of nitrogens with zero attached hydrogens (tertiary/aromatic N) is 1. The zero-order valence-electron chi connectivity index (χ0n) is 13.1. The second kappa shape index (κ2) is 9.25. The zero-order chi connectivity index (χ0) is 16.5. The second-order valence-corrected chi connectivity index (χ2v) is 5.52. The molecule has 0 bridgehead atoms. The molecule has 0 saturated carbocycles. The van der Waals surface area contributed by atoms with E-state index in [4.69, 9.17) is 0 Å². The van der Waals surface area contributed by atoms with Crippen molar-refractivity contribution < 1.29 is 23.1 Å². The Balaban J connectivity index is 4.22. The van der Waals surface area contributed by atoms with Crippen LogP contribution in [0, 0.1) is 0 Å². The van der Waals surface area contributed by atoms with Gasteiger partial charge in [0.2, 0.25) is 0 Å². The molecule has 0 aliphatic carbocycles. The van der Waals surface area contributed by atoms with Crippen LogP contribution in [0.2, 0.25) is 0 Å². The first-order valence-electron chi connectivity index (χ1n) is 7.42. The maximum absolute atomic E-state index is 12.4. The van der Waals surface area contributed by atoms with Crippen LogP contribution in [0.4, 0.5) is 13.2 Å². The van der Waals surface area contributed by atoms with Crippen LogP contribution in [0.5, 0.6) is 0 Å². The van der Waals surface area contributed by atoms with Gasteiger partial charge in [0.05, 0.1) is 6.54 Å². The first kappa shape index (κ1) is 20.2. The third-order valence-corrected chi connectivity index (χ3v) is 3.38. The third-order valence-electron chi connectivity index (χ3n) is 3.38. The minimum Gasteiger partial charge on any atom is -0.480 e. The van der Waals surface area contributed by atoms with Crippen molar-refractivity contribution in [2.24, 2.45) is 0 Å². The topological polar surface area (TPSA) is 52.6 Å². The molecule has 2 N–H and O–H groups in total. The van der Waals surface area contributed by atoms with E-state index < -0.39 is 24.2 Å². The number of carboxylic acids is 1. The van der Waals surface area contributed by atoms with Crippen molar-refractivity contribution in [1.82, 2.24) is 10.2 Å². The molecular weight excluding hydrogens is 285 g/mol. The summed E-state index contributed by atoms with van der Waals surface area (Å²) in [7, 11) is 0. The van der Waals surface area contributed by atoms with E-state index in [1.54, 1.807) is 6.92 Å². The zero-order valence-corrected chi connectivity index (χ0v) is 13.1. The van der Waals surface area contributed by atoms with E-state index in [0.29, 0.717) is 45.3 Å². The summed E-state index contributed by atoms with van der Waals surface area (Å²) in [6, 6.07) is 0. The average molecular weight is 312 g/mol. The lowest BCUT2D eigenvalue weighted by Gasteiger charge is -2.27. The van der Waals surface area contributed by atoms with Crippen molar-refractivity contribution in [2.45, 2.75) is 58.2 Å². The fourth-order valence-electron chi connectivity index (χ4n) is 2.31. The van der Waals surface area contributed by atoms with E-state index >= 15 is 0 Å². The van der Waals surface area contributed by atoms with Crippen LogP contribution < -0.4 is 5.32 Å². The molecule has 4 nitrogen and oxygen atoms in total. The molecule has 0 radical (unpaired) electrons. The van der Waals surface area contributed by atoms with Crippen LogP contribution >= 0.6 is 0 Å². The first-order valence-corrected chi connectivity index (χ1v) is 7.42. The SMILES string of the molecule is CCCN(CCCCC(C)(NCC)C(=O)O)CC(F)(F)F. The van der Waals surface area contributed by atoms with Crippen LogP contribution in [-0.4, -0.2) is 53.9 Å². The van der Waals surface area contributed by atoms with Gasteiger partial charge in [0.25, 0.3) is 0 Å². The Morgan fingerprint density at radius 2 is 1.81 bits per heavy atom. The van der Waals surface area contributed by atoms with Crippen molar-refractivity contribution >= 4 is 5.97 Å². The Labute approximate surface area is 124 Å². The average Bonchev–Trinajstić information content (AvgIpc) is 2.33. The molecule has 21 heavy (non-hydrogen) atoms. The van der Waals surface area contributed by atoms with Crippen molar-refractivity contribution in [3.63, 3.8) is 0 Å². The summed E-state index contributed by atoms with van der Waals surface area (Å²) in [6.07, 6.45) is -1.98. The van der Waals surface area contributed by atoms with E-state index in [1.165, 1.54) is 4.90 Å². The van der Waals surface area contributed by atoms with Gasteiger partial charge in [-0.25, -0.2) is 0 Å². The highest BCUT2D eigenvalue weighted by atomic mass is 19.4. The van der Waals surface area contributed by atoms with Gasteiger partial charge in [0, 0.05) is 0 Å². The standard InChI is InChI=1S/C14H27F3N2O2/c1-4-9-19(11-14(15,16)17)10-7-6-8-13(3,12(20)21)18-5-2/h18H,4-11H2,1-3H3,(H,20,21). The fourth-order valence-corrected chi connectivity index (χ4v) is 2.31. The molecule has 0 spiro atoms. The molecule has 0 heterocycles. The number of nitrogens with one attached hydrogen (secondary N) is 1. The van der Waals surface area contributed by atoms with Crippen LogP contribution in [0.25, 0.3) is 0 Å². The molecule has 0 fully saturated rings. The van der Waals surface area contributed by atoms with E-state index in [-0.39, 0.29) is 0 Å². The lowest BCUT2D eigenvalue weighted by molar-refractivity contribution is -0.146. The molecule has 0 rings (SSSR count).